The minimum atomic E-state index is -0.101. The van der Waals surface area contributed by atoms with E-state index in [-0.39, 0.29) is 5.91 Å². The number of nitrogen functional groups attached to an aromatic ring is 1. The molecule has 0 aliphatic carbocycles. The molecule has 0 fully saturated rings. The van der Waals surface area contributed by atoms with E-state index in [0.717, 1.165) is 18.1 Å². The van der Waals surface area contributed by atoms with Crippen molar-refractivity contribution in [2.24, 2.45) is 0 Å². The fraction of sp³-hybridized carbons (Fsp3) is 0.692. The highest BCUT2D eigenvalue weighted by Crippen LogP contribution is 2.28. The zero-order valence-electron chi connectivity index (χ0n) is 12.7. The van der Waals surface area contributed by atoms with Gasteiger partial charge in [0.1, 0.15) is 10.7 Å². The Balaban J connectivity index is 2.72. The summed E-state index contributed by atoms with van der Waals surface area (Å²) in [5.41, 5.74) is 5.86. The molecule has 20 heavy (non-hydrogen) atoms. The Morgan fingerprint density at radius 1 is 1.35 bits per heavy atom. The lowest BCUT2D eigenvalue weighted by Gasteiger charge is -2.16. The third-order valence-corrected chi connectivity index (χ3v) is 4.02. The van der Waals surface area contributed by atoms with Crippen LogP contribution in [0.5, 0.6) is 0 Å². The molecule has 0 aromatic carbocycles. The van der Waals surface area contributed by atoms with Crippen LogP contribution in [-0.2, 0) is 4.74 Å². The number of aromatic nitrogens is 1. The number of amides is 1. The molecule has 1 heterocycles. The van der Waals surface area contributed by atoms with Crippen molar-refractivity contribution < 1.29 is 9.53 Å². The highest BCUT2D eigenvalue weighted by Gasteiger charge is 2.20. The van der Waals surface area contributed by atoms with Crippen LogP contribution >= 0.6 is 11.3 Å². The van der Waals surface area contributed by atoms with E-state index in [4.69, 9.17) is 10.5 Å². The van der Waals surface area contributed by atoms with Crippen molar-refractivity contribution in [3.05, 3.63) is 4.88 Å². The summed E-state index contributed by atoms with van der Waals surface area (Å²) in [6, 6.07) is 0. The maximum Gasteiger partial charge on any atom is 0.267 e. The molecule has 1 amide bonds. The smallest absolute Gasteiger partial charge is 0.267 e. The first-order valence-electron chi connectivity index (χ1n) is 6.81. The van der Waals surface area contributed by atoms with E-state index in [0.29, 0.717) is 30.5 Å². The minimum absolute atomic E-state index is 0.101. The van der Waals surface area contributed by atoms with Gasteiger partial charge in [-0.3, -0.25) is 4.79 Å². The van der Waals surface area contributed by atoms with Gasteiger partial charge in [-0.25, -0.2) is 4.98 Å². The summed E-state index contributed by atoms with van der Waals surface area (Å²) in [5.74, 6) is 0.206. The molecule has 0 unspecified atom stereocenters. The number of thiazole rings is 1. The van der Waals surface area contributed by atoms with Crippen LogP contribution in [0.4, 0.5) is 10.9 Å². The molecule has 0 radical (unpaired) electrons. The van der Waals surface area contributed by atoms with Crippen molar-refractivity contribution >= 4 is 28.2 Å². The SMILES string of the molecule is CCCN(C)c1nc(N)c(C(=O)N(C)CCOCC)s1. The molecule has 0 saturated heterocycles. The maximum absolute atomic E-state index is 12.3. The van der Waals surface area contributed by atoms with Crippen LogP contribution in [0, 0.1) is 0 Å². The van der Waals surface area contributed by atoms with Crippen LogP contribution in [0.1, 0.15) is 29.9 Å². The first kappa shape index (κ1) is 16.7. The Labute approximate surface area is 124 Å². The molecule has 2 N–H and O–H groups in total. The number of nitrogens with two attached hydrogens (primary N) is 1. The second-order valence-corrected chi connectivity index (χ2v) is 5.53. The van der Waals surface area contributed by atoms with Crippen molar-refractivity contribution in [1.82, 2.24) is 9.88 Å². The fourth-order valence-electron chi connectivity index (χ4n) is 1.69. The van der Waals surface area contributed by atoms with Gasteiger partial charge in [-0.15, -0.1) is 0 Å². The van der Waals surface area contributed by atoms with Crippen LogP contribution in [0.3, 0.4) is 0 Å². The Morgan fingerprint density at radius 2 is 2.05 bits per heavy atom. The molecule has 0 aliphatic rings. The number of ether oxygens (including phenoxy) is 1. The molecule has 0 spiro atoms. The van der Waals surface area contributed by atoms with Gasteiger partial charge in [0.2, 0.25) is 0 Å². The molecule has 0 bridgehead atoms. The van der Waals surface area contributed by atoms with Crippen molar-refractivity contribution in [3.63, 3.8) is 0 Å². The quantitative estimate of drug-likeness (QED) is 0.740. The average Bonchev–Trinajstić information content (AvgIpc) is 2.80. The van der Waals surface area contributed by atoms with Gasteiger partial charge in [0.05, 0.1) is 6.61 Å². The van der Waals surface area contributed by atoms with Crippen LogP contribution in [0.25, 0.3) is 0 Å². The predicted molar refractivity (Wildman–Crippen MR) is 83.5 cm³/mol. The third-order valence-electron chi connectivity index (χ3n) is 2.84. The zero-order chi connectivity index (χ0) is 15.1. The zero-order valence-corrected chi connectivity index (χ0v) is 13.5. The summed E-state index contributed by atoms with van der Waals surface area (Å²) >= 11 is 1.34. The Morgan fingerprint density at radius 3 is 2.65 bits per heavy atom. The molecule has 7 heteroatoms. The topological polar surface area (TPSA) is 71.7 Å². The molecule has 0 saturated carbocycles. The molecule has 114 valence electrons. The Bertz CT molecular complexity index is 436. The summed E-state index contributed by atoms with van der Waals surface area (Å²) in [7, 11) is 3.70. The number of hydrogen-bond acceptors (Lipinski definition) is 6. The molecular weight excluding hydrogens is 276 g/mol. The highest BCUT2D eigenvalue weighted by molar-refractivity contribution is 7.18. The largest absolute Gasteiger partial charge is 0.382 e. The summed E-state index contributed by atoms with van der Waals surface area (Å²) in [6.45, 7) is 6.64. The van der Waals surface area contributed by atoms with Crippen molar-refractivity contribution in [2.45, 2.75) is 20.3 Å². The molecule has 6 nitrogen and oxygen atoms in total. The standard InChI is InChI=1S/C13H24N4O2S/c1-5-7-17(4)13-15-11(14)10(20-13)12(18)16(3)8-9-19-6-2/h5-9,14H2,1-4H3. The monoisotopic (exact) mass is 300 g/mol. The van der Waals surface area contributed by atoms with Gasteiger partial charge in [0, 0.05) is 33.8 Å². The number of rotatable bonds is 8. The van der Waals surface area contributed by atoms with Crippen molar-refractivity contribution in [2.75, 3.05) is 51.0 Å². The molecule has 1 aromatic rings. The molecule has 1 aromatic heterocycles. The van der Waals surface area contributed by atoms with Crippen molar-refractivity contribution in [1.29, 1.82) is 0 Å². The predicted octanol–water partition coefficient (Wildman–Crippen LogP) is 1.68. The summed E-state index contributed by atoms with van der Waals surface area (Å²) in [5, 5.41) is 0.783. The van der Waals surface area contributed by atoms with E-state index in [1.807, 2.05) is 18.9 Å². The molecule has 0 aliphatic heterocycles. The van der Waals surface area contributed by atoms with E-state index < -0.39 is 0 Å². The normalized spacial score (nSPS) is 10.6. The number of hydrogen-bond donors (Lipinski definition) is 1. The fourth-order valence-corrected chi connectivity index (χ4v) is 2.66. The summed E-state index contributed by atoms with van der Waals surface area (Å²) < 4.78 is 5.25. The second-order valence-electron chi connectivity index (χ2n) is 4.56. The average molecular weight is 300 g/mol. The number of carbonyl (C=O) groups is 1. The maximum atomic E-state index is 12.3. The number of likely N-dealkylation sites (N-methyl/N-ethyl adjacent to an activating group) is 1. The lowest BCUT2D eigenvalue weighted by molar-refractivity contribution is 0.0715. The third kappa shape index (κ3) is 4.35. The van der Waals surface area contributed by atoms with E-state index >= 15 is 0 Å². The van der Waals surface area contributed by atoms with Gasteiger partial charge >= 0.3 is 0 Å². The van der Waals surface area contributed by atoms with Crippen LogP contribution in [0.2, 0.25) is 0 Å². The number of carbonyl (C=O) groups excluding carboxylic acids is 1. The Kier molecular flexibility index (Phi) is 6.74. The Hall–Kier alpha value is -1.34. The van der Waals surface area contributed by atoms with Gasteiger partial charge in [0.15, 0.2) is 5.13 Å². The van der Waals surface area contributed by atoms with Gasteiger partial charge < -0.3 is 20.3 Å². The van der Waals surface area contributed by atoms with E-state index in [2.05, 4.69) is 11.9 Å². The first-order chi connectivity index (χ1) is 9.51. The molecular formula is C13H24N4O2S. The number of anilines is 2. The summed E-state index contributed by atoms with van der Waals surface area (Å²) in [6.07, 6.45) is 1.02. The number of nitrogens with zero attached hydrogens (tertiary/aromatic N) is 3. The van der Waals surface area contributed by atoms with E-state index in [1.54, 1.807) is 11.9 Å². The van der Waals surface area contributed by atoms with Crippen LogP contribution < -0.4 is 10.6 Å². The lowest BCUT2D eigenvalue weighted by Crippen LogP contribution is -2.30. The molecule has 0 atom stereocenters. The van der Waals surface area contributed by atoms with Gasteiger partial charge in [0.25, 0.3) is 5.91 Å². The highest BCUT2D eigenvalue weighted by atomic mass is 32.1. The van der Waals surface area contributed by atoms with Crippen LogP contribution in [0.15, 0.2) is 0 Å². The second kappa shape index (κ2) is 8.06. The van der Waals surface area contributed by atoms with Gasteiger partial charge in [-0.05, 0) is 13.3 Å². The first-order valence-corrected chi connectivity index (χ1v) is 7.63. The minimum Gasteiger partial charge on any atom is -0.382 e. The summed E-state index contributed by atoms with van der Waals surface area (Å²) in [4.78, 5) is 20.7. The van der Waals surface area contributed by atoms with Crippen molar-refractivity contribution in [3.8, 4) is 0 Å². The lowest BCUT2D eigenvalue weighted by atomic mass is 10.4. The van der Waals surface area contributed by atoms with Gasteiger partial charge in [-0.2, -0.15) is 0 Å². The van der Waals surface area contributed by atoms with E-state index in [1.165, 1.54) is 11.3 Å². The molecule has 1 rings (SSSR count). The van der Waals surface area contributed by atoms with Gasteiger partial charge in [-0.1, -0.05) is 18.3 Å². The van der Waals surface area contributed by atoms with E-state index in [9.17, 15) is 4.79 Å². The van der Waals surface area contributed by atoms with Crippen LogP contribution in [-0.4, -0.2) is 56.2 Å².